The number of hydrogen-bond donors (Lipinski definition) is 2. The molecular weight excluding hydrogens is 243 g/mol. The summed E-state index contributed by atoms with van der Waals surface area (Å²) in [6.07, 6.45) is -1.44. The van der Waals surface area contributed by atoms with Crippen molar-refractivity contribution in [2.75, 3.05) is 31.6 Å². The second kappa shape index (κ2) is 9.63. The Kier molecular flexibility index (Phi) is 9.90. The van der Waals surface area contributed by atoms with Gasteiger partial charge < -0.3 is 19.7 Å². The lowest BCUT2D eigenvalue weighted by atomic mass is 10.4. The molecule has 0 fully saturated rings. The van der Waals surface area contributed by atoms with Gasteiger partial charge in [-0.3, -0.25) is 0 Å². The smallest absolute Gasteiger partial charge is 0.0908 e. The lowest BCUT2D eigenvalue weighted by Crippen LogP contribution is -2.26. The van der Waals surface area contributed by atoms with Gasteiger partial charge in [-0.25, -0.2) is 0 Å². The summed E-state index contributed by atoms with van der Waals surface area (Å²) in [5.41, 5.74) is 0. The maximum Gasteiger partial charge on any atom is 0.0908 e. The molecule has 0 saturated heterocycles. The molecule has 0 aromatic heterocycles. The first kappa shape index (κ1) is 15.4. The molecule has 0 rings (SSSR count). The van der Waals surface area contributed by atoms with Crippen molar-refractivity contribution in [2.24, 2.45) is 0 Å². The zero-order valence-corrected chi connectivity index (χ0v) is 10.2. The highest BCUT2D eigenvalue weighted by atomic mass is 35.5. The Morgan fingerprint density at radius 2 is 1.53 bits per heavy atom. The summed E-state index contributed by atoms with van der Waals surface area (Å²) < 4.78 is 10.4. The maximum absolute atomic E-state index is 9.10. The number of hydrogen-bond acceptors (Lipinski definition) is 4. The van der Waals surface area contributed by atoms with Crippen LogP contribution in [-0.2, 0) is 9.47 Å². The van der Waals surface area contributed by atoms with Gasteiger partial charge >= 0.3 is 0 Å². The molecule has 4 nitrogen and oxygen atoms in total. The maximum atomic E-state index is 9.10. The highest BCUT2D eigenvalue weighted by molar-refractivity contribution is 6.18. The van der Waals surface area contributed by atoms with Crippen LogP contribution < -0.4 is 0 Å². The minimum Gasteiger partial charge on any atom is -0.389 e. The molecule has 0 saturated carbocycles. The van der Waals surface area contributed by atoms with E-state index in [2.05, 4.69) is 0 Å². The van der Waals surface area contributed by atoms with Crippen LogP contribution in [0, 0.1) is 0 Å². The van der Waals surface area contributed by atoms with Crippen molar-refractivity contribution in [1.29, 1.82) is 0 Å². The van der Waals surface area contributed by atoms with E-state index in [0.29, 0.717) is 6.61 Å². The van der Waals surface area contributed by atoms with E-state index in [1.807, 2.05) is 6.92 Å². The third-order valence-corrected chi connectivity index (χ3v) is 2.30. The van der Waals surface area contributed by atoms with Gasteiger partial charge in [-0.05, 0) is 6.92 Å². The molecule has 0 aliphatic carbocycles. The standard InChI is InChI=1S/C9H18Cl2O4/c1-7(15-6-9(13)3-11)4-14-5-8(12)2-10/h7-9,12-13H,2-6H2,1H3. The highest BCUT2D eigenvalue weighted by Crippen LogP contribution is 1.97. The van der Waals surface area contributed by atoms with E-state index >= 15 is 0 Å². The van der Waals surface area contributed by atoms with Crippen LogP contribution in [0.25, 0.3) is 0 Å². The largest absolute Gasteiger partial charge is 0.389 e. The summed E-state index contributed by atoms with van der Waals surface area (Å²) in [7, 11) is 0. The first-order valence-corrected chi connectivity index (χ1v) is 5.84. The van der Waals surface area contributed by atoms with Gasteiger partial charge in [0, 0.05) is 0 Å². The van der Waals surface area contributed by atoms with Crippen molar-refractivity contribution >= 4 is 23.2 Å². The van der Waals surface area contributed by atoms with Crippen molar-refractivity contribution in [3.8, 4) is 0 Å². The molecule has 0 aliphatic heterocycles. The Hall–Kier alpha value is 0.420. The molecular formula is C9H18Cl2O4. The molecule has 0 radical (unpaired) electrons. The van der Waals surface area contributed by atoms with E-state index < -0.39 is 12.2 Å². The Labute approximate surface area is 100 Å². The summed E-state index contributed by atoms with van der Waals surface area (Å²) in [5.74, 6) is 0.304. The van der Waals surface area contributed by atoms with Crippen LogP contribution in [-0.4, -0.2) is 60.1 Å². The van der Waals surface area contributed by atoms with Crippen LogP contribution in [0.2, 0.25) is 0 Å². The van der Waals surface area contributed by atoms with Gasteiger partial charge in [-0.2, -0.15) is 0 Å². The molecule has 0 bridgehead atoms. The predicted octanol–water partition coefficient (Wildman–Crippen LogP) is 0.607. The van der Waals surface area contributed by atoms with E-state index in [-0.39, 0.29) is 31.1 Å². The number of alkyl halides is 2. The van der Waals surface area contributed by atoms with Crippen LogP contribution in [0.1, 0.15) is 6.92 Å². The van der Waals surface area contributed by atoms with Crippen molar-refractivity contribution in [1.82, 2.24) is 0 Å². The Morgan fingerprint density at radius 3 is 2.07 bits per heavy atom. The number of aliphatic hydroxyl groups excluding tert-OH is 2. The average Bonchev–Trinajstić information content (AvgIpc) is 2.25. The van der Waals surface area contributed by atoms with E-state index in [4.69, 9.17) is 42.9 Å². The van der Waals surface area contributed by atoms with Gasteiger partial charge in [0.05, 0.1) is 49.9 Å². The third kappa shape index (κ3) is 9.35. The van der Waals surface area contributed by atoms with Crippen molar-refractivity contribution in [2.45, 2.75) is 25.2 Å². The molecule has 15 heavy (non-hydrogen) atoms. The van der Waals surface area contributed by atoms with Crippen LogP contribution in [0.5, 0.6) is 0 Å². The fourth-order valence-corrected chi connectivity index (χ4v) is 0.961. The van der Waals surface area contributed by atoms with Gasteiger partial charge in [0.25, 0.3) is 0 Å². The summed E-state index contributed by atoms with van der Waals surface area (Å²) in [6.45, 7) is 2.54. The molecule has 0 spiro atoms. The molecule has 92 valence electrons. The Balaban J connectivity index is 3.37. The molecule has 3 unspecified atom stereocenters. The quantitative estimate of drug-likeness (QED) is 0.597. The van der Waals surface area contributed by atoms with Gasteiger partial charge in [0.15, 0.2) is 0 Å². The first-order chi connectivity index (χ1) is 7.10. The zero-order valence-electron chi connectivity index (χ0n) is 8.73. The first-order valence-electron chi connectivity index (χ1n) is 4.77. The highest BCUT2D eigenvalue weighted by Gasteiger charge is 2.08. The molecule has 0 aliphatic rings. The normalized spacial score (nSPS) is 17.4. The van der Waals surface area contributed by atoms with Crippen LogP contribution in [0.4, 0.5) is 0 Å². The van der Waals surface area contributed by atoms with E-state index in [9.17, 15) is 0 Å². The molecule has 6 heteroatoms. The van der Waals surface area contributed by atoms with Crippen LogP contribution >= 0.6 is 23.2 Å². The van der Waals surface area contributed by atoms with Crippen molar-refractivity contribution in [3.05, 3.63) is 0 Å². The molecule has 0 amide bonds. The van der Waals surface area contributed by atoms with E-state index in [1.54, 1.807) is 0 Å². The fourth-order valence-electron chi connectivity index (χ4n) is 0.783. The van der Waals surface area contributed by atoms with Crippen LogP contribution in [0.3, 0.4) is 0 Å². The van der Waals surface area contributed by atoms with Gasteiger partial charge in [-0.1, -0.05) is 0 Å². The number of ether oxygens (including phenoxy) is 2. The summed E-state index contributed by atoms with van der Waals surface area (Å²) in [4.78, 5) is 0. The average molecular weight is 261 g/mol. The number of aliphatic hydroxyl groups is 2. The van der Waals surface area contributed by atoms with Crippen molar-refractivity contribution in [3.63, 3.8) is 0 Å². The van der Waals surface area contributed by atoms with E-state index in [0.717, 1.165) is 0 Å². The van der Waals surface area contributed by atoms with Gasteiger partial charge in [0.1, 0.15) is 0 Å². The van der Waals surface area contributed by atoms with Gasteiger partial charge in [-0.15, -0.1) is 23.2 Å². The summed E-state index contributed by atoms with van der Waals surface area (Å²) in [5, 5.41) is 18.2. The SMILES string of the molecule is CC(COCC(O)CCl)OCC(O)CCl. The molecule has 2 N–H and O–H groups in total. The Morgan fingerprint density at radius 1 is 1.00 bits per heavy atom. The second-order valence-electron chi connectivity index (χ2n) is 3.30. The summed E-state index contributed by atoms with van der Waals surface area (Å²) >= 11 is 10.8. The third-order valence-electron chi connectivity index (χ3n) is 1.59. The molecule has 0 heterocycles. The van der Waals surface area contributed by atoms with Crippen LogP contribution in [0.15, 0.2) is 0 Å². The minimum absolute atomic E-state index is 0.148. The Bertz CT molecular complexity index is 148. The summed E-state index contributed by atoms with van der Waals surface area (Å²) in [6, 6.07) is 0. The second-order valence-corrected chi connectivity index (χ2v) is 3.91. The number of halogens is 2. The van der Waals surface area contributed by atoms with E-state index in [1.165, 1.54) is 0 Å². The van der Waals surface area contributed by atoms with Crippen molar-refractivity contribution < 1.29 is 19.7 Å². The van der Waals surface area contributed by atoms with Gasteiger partial charge in [0.2, 0.25) is 0 Å². The topological polar surface area (TPSA) is 58.9 Å². The monoisotopic (exact) mass is 260 g/mol. The molecule has 0 aromatic carbocycles. The number of rotatable bonds is 9. The lowest BCUT2D eigenvalue weighted by molar-refractivity contribution is -0.0483. The minimum atomic E-state index is -0.650. The fraction of sp³-hybridized carbons (Fsp3) is 1.00. The molecule has 3 atom stereocenters. The lowest BCUT2D eigenvalue weighted by Gasteiger charge is -2.16. The molecule has 0 aromatic rings. The zero-order chi connectivity index (χ0) is 11.7. The predicted molar refractivity (Wildman–Crippen MR) is 59.7 cm³/mol.